The summed E-state index contributed by atoms with van der Waals surface area (Å²) in [6, 6.07) is 9.68. The topological polar surface area (TPSA) is 58.2 Å². The smallest absolute Gasteiger partial charge is 0.228 e. The number of hydrogen-bond acceptors (Lipinski definition) is 3. The van der Waals surface area contributed by atoms with Crippen molar-refractivity contribution in [2.24, 2.45) is 0 Å². The third kappa shape index (κ3) is 2.88. The third-order valence-corrected chi connectivity index (χ3v) is 4.08. The number of carbonyl (C=O) groups excluding carboxylic acids is 2. The van der Waals surface area contributed by atoms with Gasteiger partial charge in [-0.3, -0.25) is 9.59 Å². The Morgan fingerprint density at radius 1 is 1.35 bits per heavy atom. The summed E-state index contributed by atoms with van der Waals surface area (Å²) in [6.07, 6.45) is 0.842. The van der Waals surface area contributed by atoms with Crippen LogP contribution in [0.5, 0.6) is 0 Å². The van der Waals surface area contributed by atoms with Crippen LogP contribution < -0.4 is 10.6 Å². The largest absolute Gasteiger partial charge is 0.352 e. The Morgan fingerprint density at radius 2 is 2.25 bits per heavy atom. The number of benzene rings is 1. The van der Waals surface area contributed by atoms with Crippen LogP contribution in [0.25, 0.3) is 0 Å². The second-order valence-electron chi connectivity index (χ2n) is 4.75. The molecule has 2 heterocycles. The highest BCUT2D eigenvalue weighted by atomic mass is 32.1. The van der Waals surface area contributed by atoms with E-state index in [2.05, 4.69) is 10.6 Å². The quantitative estimate of drug-likeness (QED) is 0.904. The van der Waals surface area contributed by atoms with Gasteiger partial charge in [0.25, 0.3) is 0 Å². The van der Waals surface area contributed by atoms with Gasteiger partial charge in [-0.05, 0) is 28.6 Å². The van der Waals surface area contributed by atoms with Crippen molar-refractivity contribution >= 4 is 28.8 Å². The number of nitrogens with one attached hydrogen (secondary N) is 2. The average Bonchev–Trinajstić information content (AvgIpc) is 3.04. The SMILES string of the molecule is O=C(Cc1cccs1)NCc1ccc2c(c1)CC(=O)N2. The Labute approximate surface area is 120 Å². The predicted molar refractivity (Wildman–Crippen MR) is 78.6 cm³/mol. The first-order chi connectivity index (χ1) is 9.70. The van der Waals surface area contributed by atoms with E-state index >= 15 is 0 Å². The summed E-state index contributed by atoms with van der Waals surface area (Å²) >= 11 is 1.58. The molecule has 2 N–H and O–H groups in total. The fourth-order valence-corrected chi connectivity index (χ4v) is 2.93. The van der Waals surface area contributed by atoms with Crippen molar-refractivity contribution in [1.29, 1.82) is 0 Å². The van der Waals surface area contributed by atoms with Crippen LogP contribution in [0.2, 0.25) is 0 Å². The van der Waals surface area contributed by atoms with Gasteiger partial charge in [-0.2, -0.15) is 0 Å². The summed E-state index contributed by atoms with van der Waals surface area (Å²) in [7, 11) is 0. The lowest BCUT2D eigenvalue weighted by atomic mass is 10.1. The highest BCUT2D eigenvalue weighted by Gasteiger charge is 2.17. The van der Waals surface area contributed by atoms with E-state index in [1.165, 1.54) is 0 Å². The molecule has 4 nitrogen and oxygen atoms in total. The molecule has 5 heteroatoms. The minimum Gasteiger partial charge on any atom is -0.352 e. The van der Waals surface area contributed by atoms with Crippen LogP contribution in [0, 0.1) is 0 Å². The number of amides is 2. The minimum absolute atomic E-state index is 0.0159. The Kier molecular flexibility index (Phi) is 3.52. The van der Waals surface area contributed by atoms with Gasteiger partial charge >= 0.3 is 0 Å². The number of fused-ring (bicyclic) bond motifs is 1. The summed E-state index contributed by atoms with van der Waals surface area (Å²) < 4.78 is 0. The molecule has 0 radical (unpaired) electrons. The van der Waals surface area contributed by atoms with Crippen molar-refractivity contribution in [2.45, 2.75) is 19.4 Å². The second kappa shape index (κ2) is 5.46. The summed E-state index contributed by atoms with van der Waals surface area (Å²) in [5.41, 5.74) is 2.89. The molecular weight excluding hydrogens is 272 g/mol. The van der Waals surface area contributed by atoms with Crippen molar-refractivity contribution in [3.63, 3.8) is 0 Å². The molecule has 1 aromatic carbocycles. The lowest BCUT2D eigenvalue weighted by molar-refractivity contribution is -0.120. The van der Waals surface area contributed by atoms with E-state index in [1.54, 1.807) is 11.3 Å². The summed E-state index contributed by atoms with van der Waals surface area (Å²) in [5.74, 6) is 0.0426. The van der Waals surface area contributed by atoms with E-state index in [4.69, 9.17) is 0 Å². The van der Waals surface area contributed by atoms with E-state index in [0.29, 0.717) is 19.4 Å². The first-order valence-corrected chi connectivity index (χ1v) is 7.29. The fraction of sp³-hybridized carbons (Fsp3) is 0.200. The third-order valence-electron chi connectivity index (χ3n) is 3.20. The van der Waals surface area contributed by atoms with Gasteiger partial charge in [-0.15, -0.1) is 11.3 Å². The molecule has 102 valence electrons. The molecule has 0 spiro atoms. The number of hydrogen-bond donors (Lipinski definition) is 2. The number of anilines is 1. The Hall–Kier alpha value is -2.14. The minimum atomic E-state index is 0.0159. The van der Waals surface area contributed by atoms with Crippen LogP contribution in [0.1, 0.15) is 16.0 Å². The molecule has 20 heavy (non-hydrogen) atoms. The predicted octanol–water partition coefficient (Wildman–Crippen LogP) is 2.10. The zero-order chi connectivity index (χ0) is 13.9. The maximum absolute atomic E-state index is 11.8. The van der Waals surface area contributed by atoms with Crippen LogP contribution in [0.15, 0.2) is 35.7 Å². The maximum atomic E-state index is 11.8. The lowest BCUT2D eigenvalue weighted by Crippen LogP contribution is -2.24. The van der Waals surface area contributed by atoms with Gasteiger partial charge < -0.3 is 10.6 Å². The van der Waals surface area contributed by atoms with Crippen molar-refractivity contribution in [1.82, 2.24) is 5.32 Å². The van der Waals surface area contributed by atoms with E-state index in [-0.39, 0.29) is 11.8 Å². The Bertz CT molecular complexity index is 650. The summed E-state index contributed by atoms with van der Waals surface area (Å²) in [4.78, 5) is 24.1. The van der Waals surface area contributed by atoms with E-state index in [1.807, 2.05) is 35.7 Å². The molecular formula is C15H14N2O2S. The zero-order valence-electron chi connectivity index (χ0n) is 10.8. The van der Waals surface area contributed by atoms with Crippen LogP contribution in [-0.2, 0) is 29.0 Å². The molecule has 2 amide bonds. The molecule has 0 saturated carbocycles. The van der Waals surface area contributed by atoms with Gasteiger partial charge in [0.1, 0.15) is 0 Å². The highest BCUT2D eigenvalue weighted by Crippen LogP contribution is 2.23. The molecule has 0 saturated heterocycles. The molecule has 1 aliphatic rings. The first-order valence-electron chi connectivity index (χ1n) is 6.41. The van der Waals surface area contributed by atoms with Crippen LogP contribution in [0.4, 0.5) is 5.69 Å². The van der Waals surface area contributed by atoms with Crippen LogP contribution in [-0.4, -0.2) is 11.8 Å². The number of rotatable bonds is 4. The van der Waals surface area contributed by atoms with E-state index in [9.17, 15) is 9.59 Å². The normalized spacial score (nSPS) is 12.9. The van der Waals surface area contributed by atoms with E-state index in [0.717, 1.165) is 21.7 Å². The van der Waals surface area contributed by atoms with Gasteiger partial charge in [-0.25, -0.2) is 0 Å². The number of carbonyl (C=O) groups is 2. The Morgan fingerprint density at radius 3 is 3.05 bits per heavy atom. The van der Waals surface area contributed by atoms with Gasteiger partial charge in [0.15, 0.2) is 0 Å². The van der Waals surface area contributed by atoms with Gasteiger partial charge in [-0.1, -0.05) is 18.2 Å². The summed E-state index contributed by atoms with van der Waals surface area (Å²) in [5, 5.41) is 7.66. The highest BCUT2D eigenvalue weighted by molar-refractivity contribution is 7.10. The van der Waals surface area contributed by atoms with Crippen LogP contribution in [0.3, 0.4) is 0 Å². The molecule has 0 atom stereocenters. The molecule has 1 aromatic heterocycles. The zero-order valence-corrected chi connectivity index (χ0v) is 11.6. The molecule has 3 rings (SSSR count). The molecule has 2 aromatic rings. The molecule has 0 fully saturated rings. The molecule has 0 aliphatic carbocycles. The van der Waals surface area contributed by atoms with Gasteiger partial charge in [0.2, 0.25) is 11.8 Å². The fourth-order valence-electron chi connectivity index (χ4n) is 2.23. The van der Waals surface area contributed by atoms with Crippen molar-refractivity contribution in [3.05, 3.63) is 51.7 Å². The lowest BCUT2D eigenvalue weighted by Gasteiger charge is -2.06. The van der Waals surface area contributed by atoms with Crippen LogP contribution >= 0.6 is 11.3 Å². The number of thiophene rings is 1. The maximum Gasteiger partial charge on any atom is 0.228 e. The second-order valence-corrected chi connectivity index (χ2v) is 5.78. The van der Waals surface area contributed by atoms with Crippen molar-refractivity contribution in [3.8, 4) is 0 Å². The first kappa shape index (κ1) is 12.9. The molecule has 1 aliphatic heterocycles. The monoisotopic (exact) mass is 286 g/mol. The van der Waals surface area contributed by atoms with E-state index < -0.39 is 0 Å². The van der Waals surface area contributed by atoms with Crippen molar-refractivity contribution < 1.29 is 9.59 Å². The average molecular weight is 286 g/mol. The van der Waals surface area contributed by atoms with Crippen molar-refractivity contribution in [2.75, 3.05) is 5.32 Å². The Balaban J connectivity index is 1.58. The van der Waals surface area contributed by atoms with Gasteiger partial charge in [0.05, 0.1) is 12.8 Å². The van der Waals surface area contributed by atoms with Gasteiger partial charge in [0, 0.05) is 17.1 Å². The summed E-state index contributed by atoms with van der Waals surface area (Å²) in [6.45, 7) is 0.492. The standard InChI is InChI=1S/C15H14N2O2S/c18-14(8-12-2-1-5-20-12)16-9-10-3-4-13-11(6-10)7-15(19)17-13/h1-6H,7-9H2,(H,16,18)(H,17,19). The molecule has 0 bridgehead atoms. The molecule has 0 unspecified atom stereocenters.